The van der Waals surface area contributed by atoms with Gasteiger partial charge < -0.3 is 18.0 Å². The average Bonchev–Trinajstić information content (AvgIpc) is 3.28. The summed E-state index contributed by atoms with van der Waals surface area (Å²) in [6, 6.07) is 0. The number of benzene rings is 1. The molecule has 0 bridgehead atoms. The Kier molecular flexibility index (Phi) is 14.6. The molecule has 1 aromatic carbocycles. The fourth-order valence-corrected chi connectivity index (χ4v) is 9.22. The summed E-state index contributed by atoms with van der Waals surface area (Å²) < 4.78 is 127. The number of carbonyl (C=O) groups is 1. The topological polar surface area (TPSA) is 54.0 Å². The normalized spacial score (nSPS) is 23.1. The van der Waals surface area contributed by atoms with E-state index in [1.54, 1.807) is 0 Å². The Hall–Kier alpha value is -1.65. The molecule has 0 N–H and O–H groups in total. The van der Waals surface area contributed by atoms with Crippen molar-refractivity contribution in [3.05, 3.63) is 59.0 Å². The molecular weight excluding hydrogens is 692 g/mol. The van der Waals surface area contributed by atoms with Crippen LogP contribution >= 0.6 is 0 Å². The van der Waals surface area contributed by atoms with Gasteiger partial charge in [0.2, 0.25) is 5.82 Å². The van der Waals surface area contributed by atoms with E-state index < -0.39 is 91.3 Å². The molecule has 0 heterocycles. The van der Waals surface area contributed by atoms with E-state index in [0.29, 0.717) is 12.8 Å². The third-order valence-corrected chi connectivity index (χ3v) is 10.7. The highest BCUT2D eigenvalue weighted by molar-refractivity contribution is 6.70. The summed E-state index contributed by atoms with van der Waals surface area (Å²) in [5.41, 5.74) is -1.40. The molecule has 49 heavy (non-hydrogen) atoms. The smallest absolute Gasteiger partial charge is 0.306 e. The number of ether oxygens (including phenoxy) is 1. The van der Waals surface area contributed by atoms with E-state index in [9.17, 15) is 26.7 Å². The molecule has 1 aromatic rings. The first-order valence-electron chi connectivity index (χ1n) is 19.1. The molecule has 0 saturated heterocycles. The first-order valence-corrected chi connectivity index (χ1v) is 27.4. The lowest BCUT2D eigenvalue weighted by Crippen LogP contribution is -2.35. The summed E-state index contributed by atoms with van der Waals surface area (Å²) in [6.07, 6.45) is 4.74. The maximum atomic E-state index is 14.0. The molecule has 0 spiro atoms. The molecule has 0 aliphatic heterocycles. The van der Waals surface area contributed by atoms with Gasteiger partial charge in [0.05, 0.1) is 23.9 Å². The molecule has 1 aliphatic carbocycles. The van der Waals surface area contributed by atoms with Gasteiger partial charge in [0.1, 0.15) is 6.61 Å². The Morgan fingerprint density at radius 1 is 0.837 bits per heavy atom. The van der Waals surface area contributed by atoms with Crippen LogP contribution in [0.3, 0.4) is 0 Å². The Morgan fingerprint density at radius 3 is 1.96 bits per heavy atom. The minimum absolute atomic E-state index is 0.0656. The van der Waals surface area contributed by atoms with Gasteiger partial charge in [0.15, 0.2) is 48.2 Å². The van der Waals surface area contributed by atoms with Gasteiger partial charge in [-0.1, -0.05) is 50.5 Å². The lowest BCUT2D eigenvalue weighted by atomic mass is 9.89. The van der Waals surface area contributed by atoms with Crippen LogP contribution in [0.25, 0.3) is 0 Å². The highest BCUT2D eigenvalue weighted by Crippen LogP contribution is 2.42. The zero-order valence-corrected chi connectivity index (χ0v) is 33.8. The SMILES string of the molecule is [2H]C([2H])(/C=C\C[C@H]1[C@@H](/C=C/[C@H](CCCCC)O[Si](C)(C)C)[C@H](O[Si](C)(C)C)C[C@@H]1O[Si](C)(C)C)C([2H])([2H])CC(=O)OCc1c(F)c(F)c(F)c(F)c1F. The van der Waals surface area contributed by atoms with E-state index in [4.69, 9.17) is 18.8 Å². The molecular formula is C36H59F5O5Si3. The Morgan fingerprint density at radius 2 is 1.41 bits per heavy atom. The van der Waals surface area contributed by atoms with E-state index in [-0.39, 0.29) is 30.1 Å². The molecule has 0 radical (unpaired) electrons. The molecule has 280 valence electrons. The summed E-state index contributed by atoms with van der Waals surface area (Å²) in [5, 5.41) is 0. The summed E-state index contributed by atoms with van der Waals surface area (Å²) in [7, 11) is -5.95. The molecule has 1 saturated carbocycles. The second kappa shape index (κ2) is 19.3. The molecule has 0 amide bonds. The van der Waals surface area contributed by atoms with Gasteiger partial charge in [-0.15, -0.1) is 0 Å². The number of halogens is 5. The van der Waals surface area contributed by atoms with Crippen LogP contribution in [0.5, 0.6) is 0 Å². The molecule has 1 aliphatic rings. The zero-order valence-electron chi connectivity index (χ0n) is 34.8. The van der Waals surface area contributed by atoms with Crippen molar-refractivity contribution in [2.45, 2.75) is 148 Å². The number of carbonyl (C=O) groups excluding carboxylic acids is 1. The van der Waals surface area contributed by atoms with Crippen LogP contribution < -0.4 is 0 Å². The first kappa shape index (κ1) is 37.1. The van der Waals surface area contributed by atoms with E-state index >= 15 is 0 Å². The highest BCUT2D eigenvalue weighted by atomic mass is 28.4. The standard InChI is InChI=1S/C36H59F5O5Si3/c1-11-12-15-18-25(44-47(2,3)4)21-22-27-26(29(45-48(5,6)7)23-30(27)46-49(8,9)10)19-16-13-14-17-20-31(42)43-24-28-32(37)34(39)36(41)35(40)33(28)38/h13,16,21-22,25-27,29-30H,11-12,14-15,17-20,23-24H2,1-10H3/b16-13-,22-21+/t25-,26-,27+,29-,30+/m0/s1/i14D2,17D2. The number of esters is 1. The van der Waals surface area contributed by atoms with Crippen LogP contribution in [-0.2, 0) is 29.4 Å². The highest BCUT2D eigenvalue weighted by Gasteiger charge is 2.45. The van der Waals surface area contributed by atoms with Crippen LogP contribution in [-0.4, -0.2) is 49.2 Å². The van der Waals surface area contributed by atoms with Crippen LogP contribution in [0.15, 0.2) is 24.3 Å². The third kappa shape index (κ3) is 15.2. The first-order chi connectivity index (χ1) is 24.1. The molecule has 5 nitrogen and oxygen atoms in total. The monoisotopic (exact) mass is 754 g/mol. The predicted molar refractivity (Wildman–Crippen MR) is 193 cm³/mol. The van der Waals surface area contributed by atoms with Crippen molar-refractivity contribution in [3.8, 4) is 0 Å². The van der Waals surface area contributed by atoms with Crippen LogP contribution in [0, 0.1) is 40.9 Å². The van der Waals surface area contributed by atoms with Crippen LogP contribution in [0.1, 0.15) is 75.7 Å². The van der Waals surface area contributed by atoms with Crippen molar-refractivity contribution in [3.63, 3.8) is 0 Å². The Balaban J connectivity index is 2.35. The van der Waals surface area contributed by atoms with Crippen LogP contribution in [0.2, 0.25) is 58.9 Å². The van der Waals surface area contributed by atoms with Crippen molar-refractivity contribution in [2.24, 2.45) is 11.8 Å². The van der Waals surface area contributed by atoms with Gasteiger partial charge in [0, 0.05) is 17.8 Å². The number of unbranched alkanes of at least 4 members (excludes halogenated alkanes) is 2. The van der Waals surface area contributed by atoms with E-state index in [1.165, 1.54) is 6.08 Å². The Bertz CT molecular complexity index is 1420. The molecule has 1 fully saturated rings. The van der Waals surface area contributed by atoms with E-state index in [1.807, 2.05) is 0 Å². The molecule has 5 atom stereocenters. The molecule has 0 unspecified atom stereocenters. The lowest BCUT2D eigenvalue weighted by Gasteiger charge is -2.30. The minimum atomic E-state index is -2.87. The van der Waals surface area contributed by atoms with Gasteiger partial charge in [-0.05, 0) is 96.8 Å². The van der Waals surface area contributed by atoms with Crippen molar-refractivity contribution in [2.75, 3.05) is 0 Å². The van der Waals surface area contributed by atoms with Gasteiger partial charge in [0.25, 0.3) is 0 Å². The summed E-state index contributed by atoms with van der Waals surface area (Å²) in [5.74, 6) is -12.8. The number of rotatable bonds is 20. The molecule has 13 heteroatoms. The van der Waals surface area contributed by atoms with E-state index in [2.05, 4.69) is 82.7 Å². The van der Waals surface area contributed by atoms with E-state index in [0.717, 1.165) is 31.8 Å². The largest absolute Gasteiger partial charge is 0.461 e. The second-order valence-corrected chi connectivity index (χ2v) is 28.9. The average molecular weight is 755 g/mol. The molecule has 2 rings (SSSR count). The van der Waals surface area contributed by atoms with Crippen LogP contribution in [0.4, 0.5) is 22.0 Å². The fraction of sp³-hybridized carbons (Fsp3) is 0.694. The van der Waals surface area contributed by atoms with Gasteiger partial charge in [-0.25, -0.2) is 22.0 Å². The third-order valence-electron chi connectivity index (χ3n) is 7.64. The van der Waals surface area contributed by atoms with Gasteiger partial charge in [-0.2, -0.15) is 0 Å². The summed E-state index contributed by atoms with van der Waals surface area (Å²) in [4.78, 5) is 12.5. The second-order valence-electron chi connectivity index (χ2n) is 15.5. The maximum absolute atomic E-state index is 14.0. The maximum Gasteiger partial charge on any atom is 0.306 e. The minimum Gasteiger partial charge on any atom is -0.461 e. The fourth-order valence-electron chi connectivity index (χ4n) is 5.77. The predicted octanol–water partition coefficient (Wildman–Crippen LogP) is 11.0. The van der Waals surface area contributed by atoms with Crippen molar-refractivity contribution in [1.29, 1.82) is 0 Å². The van der Waals surface area contributed by atoms with Gasteiger partial charge in [-0.3, -0.25) is 4.79 Å². The molecule has 0 aromatic heterocycles. The Labute approximate surface area is 300 Å². The van der Waals surface area contributed by atoms with Crippen molar-refractivity contribution in [1.82, 2.24) is 0 Å². The lowest BCUT2D eigenvalue weighted by molar-refractivity contribution is -0.145. The summed E-state index contributed by atoms with van der Waals surface area (Å²) in [6.45, 7) is 19.9. The quantitative estimate of drug-likeness (QED) is 0.0252. The van der Waals surface area contributed by atoms with Crippen molar-refractivity contribution >= 4 is 30.9 Å². The zero-order chi connectivity index (χ0) is 40.7. The number of hydrogen-bond donors (Lipinski definition) is 0. The summed E-state index contributed by atoms with van der Waals surface area (Å²) >= 11 is 0. The van der Waals surface area contributed by atoms with Crippen molar-refractivity contribution < 1.29 is 50.2 Å². The van der Waals surface area contributed by atoms with Gasteiger partial charge >= 0.3 is 5.97 Å². The number of allylic oxidation sites excluding steroid dienone is 2. The number of hydrogen-bond acceptors (Lipinski definition) is 5.